The van der Waals surface area contributed by atoms with Crippen molar-refractivity contribution in [1.29, 1.82) is 0 Å². The maximum absolute atomic E-state index is 13.4. The van der Waals surface area contributed by atoms with E-state index in [1.165, 1.54) is 21.8 Å². The van der Waals surface area contributed by atoms with E-state index in [1.807, 2.05) is 36.4 Å². The van der Waals surface area contributed by atoms with Crippen LogP contribution in [-0.2, 0) is 16.0 Å². The zero-order valence-electron chi connectivity index (χ0n) is 20.2. The number of hydrogen-bond donors (Lipinski definition) is 1. The van der Waals surface area contributed by atoms with E-state index in [2.05, 4.69) is 26.8 Å². The molecule has 2 heterocycles. The summed E-state index contributed by atoms with van der Waals surface area (Å²) in [7, 11) is 0. The summed E-state index contributed by atoms with van der Waals surface area (Å²) >= 11 is 7.39. The van der Waals surface area contributed by atoms with E-state index in [9.17, 15) is 14.7 Å². The lowest BCUT2D eigenvalue weighted by atomic mass is 9.93. The lowest BCUT2D eigenvalue weighted by molar-refractivity contribution is -0.132. The van der Waals surface area contributed by atoms with Crippen molar-refractivity contribution in [3.63, 3.8) is 0 Å². The van der Waals surface area contributed by atoms with Crippen molar-refractivity contribution in [2.24, 2.45) is 0 Å². The molecule has 1 N–H and O–H groups in total. The highest BCUT2D eigenvalue weighted by atomic mass is 35.5. The largest absolute Gasteiger partial charge is 0.507 e. The number of halogens is 1. The van der Waals surface area contributed by atoms with Gasteiger partial charge in [-0.25, -0.2) is 4.98 Å². The van der Waals surface area contributed by atoms with Gasteiger partial charge in [-0.2, -0.15) is 0 Å². The van der Waals surface area contributed by atoms with Gasteiger partial charge in [0, 0.05) is 10.6 Å². The first-order valence-electron chi connectivity index (χ1n) is 11.8. The zero-order valence-corrected chi connectivity index (χ0v) is 21.7. The summed E-state index contributed by atoms with van der Waals surface area (Å²) in [4.78, 5) is 33.0. The summed E-state index contributed by atoms with van der Waals surface area (Å²) in [6.45, 7) is 6.29. The average Bonchev–Trinajstić information content (AvgIpc) is 3.41. The van der Waals surface area contributed by atoms with E-state index < -0.39 is 17.7 Å². The fourth-order valence-corrected chi connectivity index (χ4v) is 5.63. The molecule has 0 saturated carbocycles. The number of aliphatic hydroxyl groups is 1. The number of fused-ring (bicyclic) bond motifs is 1. The van der Waals surface area contributed by atoms with Crippen molar-refractivity contribution in [2.45, 2.75) is 39.2 Å². The third kappa shape index (κ3) is 4.21. The smallest absolute Gasteiger partial charge is 0.301 e. The monoisotopic (exact) mass is 516 g/mol. The third-order valence-electron chi connectivity index (χ3n) is 6.54. The molecular formula is C29H25ClN2O3S. The first kappa shape index (κ1) is 24.2. The minimum absolute atomic E-state index is 0.0353. The van der Waals surface area contributed by atoms with Crippen LogP contribution in [0.4, 0.5) is 5.13 Å². The molecule has 1 amide bonds. The van der Waals surface area contributed by atoms with Crippen molar-refractivity contribution >= 4 is 55.7 Å². The minimum Gasteiger partial charge on any atom is -0.507 e. The molecule has 0 radical (unpaired) electrons. The Hall–Kier alpha value is -3.48. The number of aryl methyl sites for hydroxylation is 1. The molecule has 1 atom stereocenters. The van der Waals surface area contributed by atoms with Gasteiger partial charge in [0.15, 0.2) is 5.13 Å². The predicted octanol–water partition coefficient (Wildman–Crippen LogP) is 7.26. The van der Waals surface area contributed by atoms with E-state index in [-0.39, 0.29) is 11.3 Å². The Labute approximate surface area is 218 Å². The summed E-state index contributed by atoms with van der Waals surface area (Å²) < 4.78 is 0.942. The molecule has 1 aromatic heterocycles. The van der Waals surface area contributed by atoms with Crippen LogP contribution in [-0.4, -0.2) is 21.8 Å². The van der Waals surface area contributed by atoms with Crippen LogP contribution in [0.5, 0.6) is 0 Å². The lowest BCUT2D eigenvalue weighted by Gasteiger charge is -2.23. The number of anilines is 1. The summed E-state index contributed by atoms with van der Waals surface area (Å²) in [5, 5.41) is 12.2. The molecule has 0 spiro atoms. The summed E-state index contributed by atoms with van der Waals surface area (Å²) in [6, 6.07) is 19.6. The number of carbonyl (C=O) groups excluding carboxylic acids is 2. The molecule has 0 bridgehead atoms. The van der Waals surface area contributed by atoms with Crippen molar-refractivity contribution in [1.82, 2.24) is 4.98 Å². The van der Waals surface area contributed by atoms with Gasteiger partial charge in [-0.15, -0.1) is 0 Å². The van der Waals surface area contributed by atoms with Gasteiger partial charge >= 0.3 is 5.91 Å². The fourth-order valence-electron chi connectivity index (χ4n) is 4.45. The Kier molecular flexibility index (Phi) is 6.41. The molecule has 0 aliphatic carbocycles. The van der Waals surface area contributed by atoms with Crippen molar-refractivity contribution in [3.05, 3.63) is 99.6 Å². The number of hydrogen-bond acceptors (Lipinski definition) is 5. The molecule has 1 aliphatic heterocycles. The number of aliphatic hydroxyl groups excluding tert-OH is 1. The number of ketones is 1. The summed E-state index contributed by atoms with van der Waals surface area (Å²) in [6.07, 6.45) is 0.886. The second-order valence-electron chi connectivity index (χ2n) is 9.15. The molecular weight excluding hydrogens is 492 g/mol. The van der Waals surface area contributed by atoms with E-state index in [0.717, 1.165) is 27.8 Å². The van der Waals surface area contributed by atoms with Crippen LogP contribution in [0.15, 0.2) is 72.3 Å². The number of rotatable bonds is 5. The van der Waals surface area contributed by atoms with E-state index >= 15 is 0 Å². The van der Waals surface area contributed by atoms with Crippen molar-refractivity contribution in [2.75, 3.05) is 4.90 Å². The zero-order chi connectivity index (χ0) is 25.6. The van der Waals surface area contributed by atoms with Gasteiger partial charge in [-0.05, 0) is 65.4 Å². The van der Waals surface area contributed by atoms with Gasteiger partial charge in [0.1, 0.15) is 5.76 Å². The molecule has 1 fully saturated rings. The number of aromatic nitrogens is 1. The highest BCUT2D eigenvalue weighted by molar-refractivity contribution is 7.22. The number of carbonyl (C=O) groups is 2. The van der Waals surface area contributed by atoms with Gasteiger partial charge in [0.2, 0.25) is 0 Å². The van der Waals surface area contributed by atoms with Crippen LogP contribution in [0.25, 0.3) is 16.0 Å². The van der Waals surface area contributed by atoms with Gasteiger partial charge < -0.3 is 5.11 Å². The second kappa shape index (κ2) is 9.52. The van der Waals surface area contributed by atoms with Crippen LogP contribution in [0.1, 0.15) is 55.0 Å². The standard InChI is InChI=1S/C29H25ClN2O3S/c1-4-17-5-14-22-23(15-17)36-29(31-22)32-25(19-8-6-18(7-9-19)16(2)3)24(27(34)28(32)35)26(33)20-10-12-21(30)13-11-20/h5-16,25,33H,4H2,1-3H3/t25-/m0/s1. The highest BCUT2D eigenvalue weighted by Crippen LogP contribution is 2.44. The second-order valence-corrected chi connectivity index (χ2v) is 10.6. The Morgan fingerprint density at radius 1 is 1.06 bits per heavy atom. The van der Waals surface area contributed by atoms with Crippen molar-refractivity contribution < 1.29 is 14.7 Å². The molecule has 182 valence electrons. The highest BCUT2D eigenvalue weighted by Gasteiger charge is 2.48. The maximum Gasteiger partial charge on any atom is 0.301 e. The Bertz CT molecular complexity index is 1500. The normalized spacial score (nSPS) is 17.5. The molecule has 4 aromatic rings. The predicted molar refractivity (Wildman–Crippen MR) is 146 cm³/mol. The Morgan fingerprint density at radius 3 is 2.39 bits per heavy atom. The minimum atomic E-state index is -0.812. The van der Waals surface area contributed by atoms with Crippen molar-refractivity contribution in [3.8, 4) is 0 Å². The topological polar surface area (TPSA) is 70.5 Å². The third-order valence-corrected chi connectivity index (χ3v) is 7.81. The summed E-state index contributed by atoms with van der Waals surface area (Å²) in [5.41, 5.74) is 4.25. The van der Waals surface area contributed by atoms with Gasteiger partial charge in [-0.1, -0.05) is 74.0 Å². The van der Waals surface area contributed by atoms with E-state index in [4.69, 9.17) is 16.6 Å². The molecule has 1 saturated heterocycles. The quantitative estimate of drug-likeness (QED) is 0.172. The number of amides is 1. The van der Waals surface area contributed by atoms with E-state index in [1.54, 1.807) is 24.3 Å². The number of nitrogens with zero attached hydrogens (tertiary/aromatic N) is 2. The lowest BCUT2D eigenvalue weighted by Crippen LogP contribution is -2.29. The molecule has 7 heteroatoms. The van der Waals surface area contributed by atoms with E-state index in [0.29, 0.717) is 21.6 Å². The number of benzene rings is 3. The average molecular weight is 517 g/mol. The van der Waals surface area contributed by atoms with Crippen LogP contribution in [0.3, 0.4) is 0 Å². The van der Waals surface area contributed by atoms with Crippen LogP contribution in [0, 0.1) is 0 Å². The van der Waals surface area contributed by atoms with Crippen LogP contribution >= 0.6 is 22.9 Å². The molecule has 36 heavy (non-hydrogen) atoms. The van der Waals surface area contributed by atoms with Crippen LogP contribution < -0.4 is 4.90 Å². The number of Topliss-reactive ketones (excluding diaryl/α,β-unsaturated/α-hetero) is 1. The Morgan fingerprint density at radius 2 is 1.75 bits per heavy atom. The Balaban J connectivity index is 1.70. The fraction of sp³-hybridized carbons (Fsp3) is 0.207. The molecule has 5 rings (SSSR count). The molecule has 3 aromatic carbocycles. The first-order valence-corrected chi connectivity index (χ1v) is 13.0. The SMILES string of the molecule is CCc1ccc2nc(N3C(=O)C(=O)C(=C(O)c4ccc(Cl)cc4)[C@@H]3c3ccc(C(C)C)cc3)sc2c1. The number of thiazole rings is 1. The molecule has 0 unspecified atom stereocenters. The van der Waals surface area contributed by atoms with Gasteiger partial charge in [0.05, 0.1) is 21.8 Å². The molecule has 1 aliphatic rings. The van der Waals surface area contributed by atoms with Gasteiger partial charge in [-0.3, -0.25) is 14.5 Å². The summed E-state index contributed by atoms with van der Waals surface area (Å²) in [5.74, 6) is -1.36. The van der Waals surface area contributed by atoms with Gasteiger partial charge in [0.25, 0.3) is 5.78 Å². The maximum atomic E-state index is 13.4. The van der Waals surface area contributed by atoms with Crippen LogP contribution in [0.2, 0.25) is 5.02 Å². The molecule has 5 nitrogen and oxygen atoms in total. The first-order chi connectivity index (χ1) is 17.3.